The van der Waals surface area contributed by atoms with Crippen LogP contribution in [0.1, 0.15) is 28.8 Å². The summed E-state index contributed by atoms with van der Waals surface area (Å²) in [6, 6.07) is 4.85. The number of hydrogen-bond acceptors (Lipinski definition) is 10. The number of nitrogens with zero attached hydrogens (tertiary/aromatic N) is 1. The molecule has 2 N–H and O–H groups in total. The van der Waals surface area contributed by atoms with Crippen molar-refractivity contribution in [1.29, 1.82) is 0 Å². The lowest BCUT2D eigenvalue weighted by Crippen LogP contribution is -2.31. The molecule has 0 saturated carbocycles. The number of aldehydes is 3. The molecule has 0 radical (unpaired) electrons. The Hall–Kier alpha value is -2.63. The monoisotopic (exact) mass is 494 g/mol. The van der Waals surface area contributed by atoms with Crippen LogP contribution in [0, 0.1) is 0 Å². The number of likely N-dealkylation sites (N-methyl/N-ethyl adjacent to an activating group) is 1. The van der Waals surface area contributed by atoms with Gasteiger partial charge < -0.3 is 43.9 Å². The molecule has 0 aliphatic carbocycles. The van der Waals surface area contributed by atoms with Crippen LogP contribution in [-0.2, 0) is 28.5 Å². The standard InChI is InChI=1S/C25H38N2O8/c1-21(27(2)24(20-31)4-3-8-28)25-6-5-23(18-22(25)19-30)26-7-10-32-12-14-34-16-17-35-15-13-33-11-9-29/h5-6,8,18-20,24,26,29H,1,3-4,7,9-17H2,2H3. The summed E-state index contributed by atoms with van der Waals surface area (Å²) in [4.78, 5) is 35.4. The number of benzene rings is 1. The molecule has 1 unspecified atom stereocenters. The second kappa shape index (κ2) is 19.7. The maximum absolute atomic E-state index is 11.7. The molecule has 0 fully saturated rings. The fraction of sp³-hybridized carbons (Fsp3) is 0.560. The maximum atomic E-state index is 11.7. The summed E-state index contributed by atoms with van der Waals surface area (Å²) in [7, 11) is 1.72. The van der Waals surface area contributed by atoms with Gasteiger partial charge in [-0.25, -0.2) is 0 Å². The van der Waals surface area contributed by atoms with Crippen molar-refractivity contribution in [3.05, 3.63) is 35.9 Å². The Morgan fingerprint density at radius 3 is 2.14 bits per heavy atom. The van der Waals surface area contributed by atoms with Crippen LogP contribution in [0.2, 0.25) is 0 Å². The molecule has 196 valence electrons. The smallest absolute Gasteiger partial charge is 0.150 e. The van der Waals surface area contributed by atoms with Gasteiger partial charge >= 0.3 is 0 Å². The molecular formula is C25H38N2O8. The van der Waals surface area contributed by atoms with Gasteiger partial charge in [-0.3, -0.25) is 4.79 Å². The number of nitrogens with one attached hydrogen (secondary N) is 1. The molecule has 0 aliphatic rings. The Kier molecular flexibility index (Phi) is 17.1. The Morgan fingerprint density at radius 1 is 1.00 bits per heavy atom. The van der Waals surface area contributed by atoms with Gasteiger partial charge in [0.1, 0.15) is 12.6 Å². The number of aliphatic hydroxyl groups excluding tert-OH is 1. The molecule has 0 amide bonds. The molecule has 1 rings (SSSR count). The van der Waals surface area contributed by atoms with Gasteiger partial charge in [-0.05, 0) is 18.6 Å². The molecule has 0 spiro atoms. The van der Waals surface area contributed by atoms with E-state index in [1.165, 1.54) is 0 Å². The lowest BCUT2D eigenvalue weighted by molar-refractivity contribution is -0.111. The first-order valence-electron chi connectivity index (χ1n) is 11.6. The quantitative estimate of drug-likeness (QED) is 0.170. The number of carbonyl (C=O) groups excluding carboxylic acids is 3. The Balaban J connectivity index is 2.30. The number of aliphatic hydroxyl groups is 1. The van der Waals surface area contributed by atoms with E-state index in [0.717, 1.165) is 24.5 Å². The van der Waals surface area contributed by atoms with E-state index in [1.54, 1.807) is 24.1 Å². The van der Waals surface area contributed by atoms with Crippen molar-refractivity contribution in [2.75, 3.05) is 78.4 Å². The van der Waals surface area contributed by atoms with Gasteiger partial charge in [0, 0.05) is 42.5 Å². The van der Waals surface area contributed by atoms with Crippen molar-refractivity contribution in [2.45, 2.75) is 18.9 Å². The van der Waals surface area contributed by atoms with Gasteiger partial charge in [-0.2, -0.15) is 0 Å². The Morgan fingerprint density at radius 2 is 1.60 bits per heavy atom. The summed E-state index contributed by atoms with van der Waals surface area (Å²) in [5.74, 6) is 0. The molecule has 35 heavy (non-hydrogen) atoms. The Labute approximate surface area is 207 Å². The van der Waals surface area contributed by atoms with Crippen LogP contribution in [0.4, 0.5) is 5.69 Å². The van der Waals surface area contributed by atoms with E-state index in [9.17, 15) is 14.4 Å². The van der Waals surface area contributed by atoms with Crippen molar-refractivity contribution < 1.29 is 38.4 Å². The molecule has 10 heteroatoms. The fourth-order valence-corrected chi connectivity index (χ4v) is 3.11. The summed E-state index contributed by atoms with van der Waals surface area (Å²) < 4.78 is 21.3. The van der Waals surface area contributed by atoms with Crippen LogP contribution in [0.25, 0.3) is 5.70 Å². The zero-order chi connectivity index (χ0) is 25.7. The van der Waals surface area contributed by atoms with Crippen LogP contribution in [0.15, 0.2) is 24.8 Å². The fourth-order valence-electron chi connectivity index (χ4n) is 3.11. The van der Waals surface area contributed by atoms with Crippen molar-refractivity contribution >= 4 is 30.2 Å². The molecule has 1 aromatic carbocycles. The van der Waals surface area contributed by atoms with Crippen molar-refractivity contribution in [3.63, 3.8) is 0 Å². The normalized spacial score (nSPS) is 11.6. The largest absolute Gasteiger partial charge is 0.394 e. The van der Waals surface area contributed by atoms with E-state index in [1.807, 2.05) is 6.07 Å². The highest BCUT2D eigenvalue weighted by Gasteiger charge is 2.18. The minimum atomic E-state index is -0.490. The minimum absolute atomic E-state index is 0.00736. The van der Waals surface area contributed by atoms with Crippen LogP contribution >= 0.6 is 0 Å². The third-order valence-electron chi connectivity index (χ3n) is 5.08. The predicted octanol–water partition coefficient (Wildman–Crippen LogP) is 1.42. The number of hydrogen-bond donors (Lipinski definition) is 2. The SMILES string of the molecule is C=C(c1ccc(NCCOCCOCCOCCOCCO)cc1C=O)N(C)C(C=O)CCC=O. The number of anilines is 1. The van der Waals surface area contributed by atoms with Crippen LogP contribution in [0.5, 0.6) is 0 Å². The average molecular weight is 495 g/mol. The van der Waals surface area contributed by atoms with Crippen LogP contribution in [-0.4, -0.2) is 108 Å². The molecule has 0 heterocycles. The number of carbonyl (C=O) groups is 3. The molecule has 1 atom stereocenters. The summed E-state index contributed by atoms with van der Waals surface area (Å²) >= 11 is 0. The van der Waals surface area contributed by atoms with Crippen molar-refractivity contribution in [1.82, 2.24) is 4.90 Å². The van der Waals surface area contributed by atoms with Crippen LogP contribution in [0.3, 0.4) is 0 Å². The summed E-state index contributed by atoms with van der Waals surface area (Å²) in [5, 5.41) is 11.8. The molecule has 1 aromatic rings. The minimum Gasteiger partial charge on any atom is -0.394 e. The van der Waals surface area contributed by atoms with E-state index in [-0.39, 0.29) is 13.0 Å². The van der Waals surface area contributed by atoms with E-state index < -0.39 is 6.04 Å². The van der Waals surface area contributed by atoms with E-state index in [2.05, 4.69) is 11.9 Å². The third kappa shape index (κ3) is 12.6. The van der Waals surface area contributed by atoms with Crippen molar-refractivity contribution in [3.8, 4) is 0 Å². The predicted molar refractivity (Wildman–Crippen MR) is 133 cm³/mol. The highest BCUT2D eigenvalue weighted by Crippen LogP contribution is 2.24. The molecule has 0 bridgehead atoms. The lowest BCUT2D eigenvalue weighted by atomic mass is 10.0. The van der Waals surface area contributed by atoms with Gasteiger partial charge in [0.05, 0.1) is 65.5 Å². The topological polar surface area (TPSA) is 124 Å². The van der Waals surface area contributed by atoms with Gasteiger partial charge in [-0.1, -0.05) is 12.6 Å². The second-order valence-electron chi connectivity index (χ2n) is 7.52. The average Bonchev–Trinajstić information content (AvgIpc) is 2.88. The highest BCUT2D eigenvalue weighted by atomic mass is 16.6. The first kappa shape index (κ1) is 30.4. The molecule has 10 nitrogen and oxygen atoms in total. The van der Waals surface area contributed by atoms with Gasteiger partial charge in [0.15, 0.2) is 6.29 Å². The summed E-state index contributed by atoms with van der Waals surface area (Å²) in [5.41, 5.74) is 2.37. The van der Waals surface area contributed by atoms with Crippen LogP contribution < -0.4 is 5.32 Å². The highest BCUT2D eigenvalue weighted by molar-refractivity contribution is 5.87. The zero-order valence-electron chi connectivity index (χ0n) is 20.5. The van der Waals surface area contributed by atoms with Gasteiger partial charge in [-0.15, -0.1) is 0 Å². The first-order valence-corrected chi connectivity index (χ1v) is 11.6. The summed E-state index contributed by atoms with van der Waals surface area (Å²) in [6.07, 6.45) is 2.97. The van der Waals surface area contributed by atoms with Gasteiger partial charge in [0.2, 0.25) is 0 Å². The molecule has 0 aromatic heterocycles. The Bertz CT molecular complexity index is 759. The zero-order valence-corrected chi connectivity index (χ0v) is 20.5. The number of rotatable bonds is 23. The first-order chi connectivity index (χ1) is 17.1. The summed E-state index contributed by atoms with van der Waals surface area (Å²) in [6.45, 7) is 8.12. The van der Waals surface area contributed by atoms with E-state index in [0.29, 0.717) is 82.6 Å². The third-order valence-corrected chi connectivity index (χ3v) is 5.08. The lowest BCUT2D eigenvalue weighted by Gasteiger charge is -2.28. The van der Waals surface area contributed by atoms with Gasteiger partial charge in [0.25, 0.3) is 0 Å². The molecular weight excluding hydrogens is 456 g/mol. The van der Waals surface area contributed by atoms with E-state index in [4.69, 9.17) is 24.1 Å². The second-order valence-corrected chi connectivity index (χ2v) is 7.52. The van der Waals surface area contributed by atoms with E-state index >= 15 is 0 Å². The maximum Gasteiger partial charge on any atom is 0.150 e. The van der Waals surface area contributed by atoms with Crippen molar-refractivity contribution in [2.24, 2.45) is 0 Å². The number of ether oxygens (including phenoxy) is 4. The molecule has 0 saturated heterocycles. The molecule has 0 aliphatic heterocycles.